The maximum Gasteiger partial charge on any atom is 0.325 e. The quantitative estimate of drug-likeness (QED) is 0.550. The van der Waals surface area contributed by atoms with Gasteiger partial charge in [-0.1, -0.05) is 52.8 Å². The van der Waals surface area contributed by atoms with E-state index in [1.807, 2.05) is 31.2 Å². The van der Waals surface area contributed by atoms with Crippen molar-refractivity contribution in [2.75, 3.05) is 10.6 Å². The van der Waals surface area contributed by atoms with Crippen LogP contribution < -0.4 is 16.0 Å². The summed E-state index contributed by atoms with van der Waals surface area (Å²) in [5, 5.41) is 9.14. The summed E-state index contributed by atoms with van der Waals surface area (Å²) >= 11 is 6.96. The molecule has 0 saturated carbocycles. The first-order chi connectivity index (χ1) is 13.4. The number of carbonyl (C=O) groups excluding carboxylic acids is 2. The zero-order valence-electron chi connectivity index (χ0n) is 15.4. The van der Waals surface area contributed by atoms with Crippen molar-refractivity contribution in [2.24, 2.45) is 0 Å². The lowest BCUT2D eigenvalue weighted by Gasteiger charge is -2.05. The Morgan fingerprint density at radius 1 is 1.00 bits per heavy atom. The number of carbonyl (C=O) groups is 2. The SMILES string of the molecule is Cc1ccc(CNC(=O)c2sc(NC(=O)Nc3ccc(Cl)cc3)nc2C)cc1. The van der Waals surface area contributed by atoms with Crippen LogP contribution in [0.15, 0.2) is 48.5 Å². The molecule has 0 unspecified atom stereocenters. The van der Waals surface area contributed by atoms with Gasteiger partial charge in [0.05, 0.1) is 5.69 Å². The van der Waals surface area contributed by atoms with Gasteiger partial charge in [0.2, 0.25) is 0 Å². The number of thiazole rings is 1. The van der Waals surface area contributed by atoms with Gasteiger partial charge < -0.3 is 10.6 Å². The average Bonchev–Trinajstić information content (AvgIpc) is 3.03. The predicted octanol–water partition coefficient (Wildman–Crippen LogP) is 4.99. The Bertz CT molecular complexity index is 984. The first-order valence-corrected chi connectivity index (χ1v) is 9.75. The lowest BCUT2D eigenvalue weighted by atomic mass is 10.1. The standard InChI is InChI=1S/C20H19ClN4O2S/c1-12-3-5-14(6-4-12)11-22-18(26)17-13(2)23-20(28-17)25-19(27)24-16-9-7-15(21)8-10-16/h3-10H,11H2,1-2H3,(H,22,26)(H2,23,24,25,27). The van der Waals surface area contributed by atoms with Crippen LogP contribution in [0.4, 0.5) is 15.6 Å². The second-order valence-electron chi connectivity index (χ2n) is 6.19. The van der Waals surface area contributed by atoms with Crippen molar-refractivity contribution in [3.8, 4) is 0 Å². The molecule has 0 bridgehead atoms. The molecule has 0 radical (unpaired) electrons. The third-order valence-corrected chi connectivity index (χ3v) is 5.22. The summed E-state index contributed by atoms with van der Waals surface area (Å²) in [6.45, 7) is 4.18. The number of rotatable bonds is 5. The van der Waals surface area contributed by atoms with Gasteiger partial charge >= 0.3 is 6.03 Å². The van der Waals surface area contributed by atoms with Crippen molar-refractivity contribution in [1.29, 1.82) is 0 Å². The molecule has 0 spiro atoms. The van der Waals surface area contributed by atoms with E-state index in [9.17, 15) is 9.59 Å². The number of hydrogen-bond acceptors (Lipinski definition) is 4. The molecule has 3 N–H and O–H groups in total. The van der Waals surface area contributed by atoms with E-state index in [1.165, 1.54) is 5.56 Å². The largest absolute Gasteiger partial charge is 0.347 e. The van der Waals surface area contributed by atoms with Gasteiger partial charge in [-0.2, -0.15) is 0 Å². The van der Waals surface area contributed by atoms with Gasteiger partial charge in [-0.15, -0.1) is 0 Å². The Morgan fingerprint density at radius 2 is 1.68 bits per heavy atom. The van der Waals surface area contributed by atoms with Crippen LogP contribution in [-0.4, -0.2) is 16.9 Å². The Kier molecular flexibility index (Phi) is 6.28. The Labute approximate surface area is 172 Å². The van der Waals surface area contributed by atoms with E-state index in [0.29, 0.717) is 33.0 Å². The molecular weight excluding hydrogens is 396 g/mol. The summed E-state index contributed by atoms with van der Waals surface area (Å²) in [4.78, 5) is 29.3. The molecule has 0 aliphatic carbocycles. The zero-order chi connectivity index (χ0) is 20.1. The summed E-state index contributed by atoms with van der Waals surface area (Å²) in [5.74, 6) is -0.221. The fraction of sp³-hybridized carbons (Fsp3) is 0.150. The highest BCUT2D eigenvalue weighted by Crippen LogP contribution is 2.23. The molecule has 1 heterocycles. The van der Waals surface area contributed by atoms with Crippen molar-refractivity contribution in [3.05, 3.63) is 75.3 Å². The van der Waals surface area contributed by atoms with Gasteiger partial charge in [0.15, 0.2) is 5.13 Å². The molecule has 3 amide bonds. The normalized spacial score (nSPS) is 10.4. The molecule has 0 atom stereocenters. The highest BCUT2D eigenvalue weighted by atomic mass is 35.5. The molecule has 1 aromatic heterocycles. The number of hydrogen-bond donors (Lipinski definition) is 3. The van der Waals surface area contributed by atoms with Gasteiger partial charge in [-0.05, 0) is 43.7 Å². The van der Waals surface area contributed by atoms with Crippen LogP contribution in [0, 0.1) is 13.8 Å². The van der Waals surface area contributed by atoms with Crippen LogP contribution in [0.25, 0.3) is 0 Å². The van der Waals surface area contributed by atoms with Crippen LogP contribution in [0.3, 0.4) is 0 Å². The molecule has 0 saturated heterocycles. The zero-order valence-corrected chi connectivity index (χ0v) is 16.9. The molecular formula is C20H19ClN4O2S. The number of anilines is 2. The summed E-state index contributed by atoms with van der Waals surface area (Å²) in [6.07, 6.45) is 0. The maximum atomic E-state index is 12.4. The monoisotopic (exact) mass is 414 g/mol. The number of urea groups is 1. The molecule has 6 nitrogen and oxygen atoms in total. The van der Waals surface area contributed by atoms with E-state index in [0.717, 1.165) is 16.9 Å². The minimum absolute atomic E-state index is 0.221. The van der Waals surface area contributed by atoms with E-state index in [-0.39, 0.29) is 5.91 Å². The Hall–Kier alpha value is -2.90. The van der Waals surface area contributed by atoms with Crippen LogP contribution in [0.2, 0.25) is 5.02 Å². The van der Waals surface area contributed by atoms with E-state index in [4.69, 9.17) is 11.6 Å². The van der Waals surface area contributed by atoms with Crippen LogP contribution in [-0.2, 0) is 6.54 Å². The number of nitrogens with zero attached hydrogens (tertiary/aromatic N) is 1. The molecule has 8 heteroatoms. The summed E-state index contributed by atoms with van der Waals surface area (Å²) < 4.78 is 0. The summed E-state index contributed by atoms with van der Waals surface area (Å²) in [6, 6.07) is 14.3. The summed E-state index contributed by atoms with van der Waals surface area (Å²) in [7, 11) is 0. The smallest absolute Gasteiger partial charge is 0.325 e. The molecule has 28 heavy (non-hydrogen) atoms. The number of amides is 3. The first-order valence-electron chi connectivity index (χ1n) is 8.55. The maximum absolute atomic E-state index is 12.4. The Balaban J connectivity index is 1.58. The predicted molar refractivity (Wildman–Crippen MR) is 113 cm³/mol. The van der Waals surface area contributed by atoms with E-state index >= 15 is 0 Å². The van der Waals surface area contributed by atoms with Gasteiger partial charge in [0.1, 0.15) is 4.88 Å². The van der Waals surface area contributed by atoms with E-state index < -0.39 is 6.03 Å². The van der Waals surface area contributed by atoms with Crippen molar-refractivity contribution in [2.45, 2.75) is 20.4 Å². The van der Waals surface area contributed by atoms with E-state index in [1.54, 1.807) is 31.2 Å². The number of halogens is 1. The highest BCUT2D eigenvalue weighted by Gasteiger charge is 2.16. The molecule has 0 aliphatic rings. The second-order valence-corrected chi connectivity index (χ2v) is 7.62. The number of nitrogens with one attached hydrogen (secondary N) is 3. The number of aryl methyl sites for hydroxylation is 2. The van der Waals surface area contributed by atoms with Crippen LogP contribution >= 0.6 is 22.9 Å². The third kappa shape index (κ3) is 5.31. The first kappa shape index (κ1) is 19.9. The summed E-state index contributed by atoms with van der Waals surface area (Å²) in [5.41, 5.74) is 3.35. The molecule has 3 rings (SSSR count). The second kappa shape index (κ2) is 8.86. The molecule has 144 valence electrons. The van der Waals surface area contributed by atoms with Crippen molar-refractivity contribution < 1.29 is 9.59 Å². The minimum Gasteiger partial charge on any atom is -0.347 e. The molecule has 0 fully saturated rings. The fourth-order valence-electron chi connectivity index (χ4n) is 2.42. The Morgan fingerprint density at radius 3 is 2.36 bits per heavy atom. The topological polar surface area (TPSA) is 83.1 Å². The third-order valence-electron chi connectivity index (χ3n) is 3.90. The number of aromatic nitrogens is 1. The van der Waals surface area contributed by atoms with E-state index in [2.05, 4.69) is 20.9 Å². The minimum atomic E-state index is -0.442. The molecule has 3 aromatic rings. The van der Waals surface area contributed by atoms with Crippen molar-refractivity contribution in [1.82, 2.24) is 10.3 Å². The van der Waals surface area contributed by atoms with Gasteiger partial charge in [0, 0.05) is 17.3 Å². The van der Waals surface area contributed by atoms with Crippen molar-refractivity contribution in [3.63, 3.8) is 0 Å². The van der Waals surface area contributed by atoms with Crippen LogP contribution in [0.1, 0.15) is 26.5 Å². The van der Waals surface area contributed by atoms with Crippen molar-refractivity contribution >= 4 is 45.7 Å². The lowest BCUT2D eigenvalue weighted by molar-refractivity contribution is 0.0954. The number of benzene rings is 2. The van der Waals surface area contributed by atoms with Crippen LogP contribution in [0.5, 0.6) is 0 Å². The highest BCUT2D eigenvalue weighted by molar-refractivity contribution is 7.17. The van der Waals surface area contributed by atoms with Gasteiger partial charge in [0.25, 0.3) is 5.91 Å². The molecule has 0 aliphatic heterocycles. The molecule has 2 aromatic carbocycles. The van der Waals surface area contributed by atoms with Gasteiger partial charge in [-0.3, -0.25) is 10.1 Å². The van der Waals surface area contributed by atoms with Gasteiger partial charge in [-0.25, -0.2) is 9.78 Å². The fourth-order valence-corrected chi connectivity index (χ4v) is 3.43. The lowest BCUT2D eigenvalue weighted by Crippen LogP contribution is -2.22. The average molecular weight is 415 g/mol.